The fourth-order valence-corrected chi connectivity index (χ4v) is 1.77. The van der Waals surface area contributed by atoms with Gasteiger partial charge in [-0.2, -0.15) is 0 Å². The lowest BCUT2D eigenvalue weighted by molar-refractivity contribution is 0.898. The van der Waals surface area contributed by atoms with Crippen LogP contribution in [0.4, 0.5) is 5.82 Å². The molecule has 1 heterocycles. The van der Waals surface area contributed by atoms with Crippen molar-refractivity contribution < 1.29 is 0 Å². The van der Waals surface area contributed by atoms with Crippen LogP contribution in [0.5, 0.6) is 0 Å². The van der Waals surface area contributed by atoms with Crippen molar-refractivity contribution in [1.29, 1.82) is 5.41 Å². The minimum absolute atomic E-state index is 0.0948. The van der Waals surface area contributed by atoms with Crippen molar-refractivity contribution in [2.75, 3.05) is 11.9 Å². The maximum atomic E-state index is 7.43. The maximum Gasteiger partial charge on any atom is 0.128 e. The highest BCUT2D eigenvalue weighted by Crippen LogP contribution is 2.12. The first-order valence-electron chi connectivity index (χ1n) is 5.72. The normalized spacial score (nSPS) is 10.1. The zero-order chi connectivity index (χ0) is 13.0. The topological polar surface area (TPSA) is 66.0 Å². The Balaban J connectivity index is 2.14. The van der Waals surface area contributed by atoms with Crippen LogP contribution in [-0.2, 0) is 6.54 Å². The Kier molecular flexibility index (Phi) is 3.57. The van der Waals surface area contributed by atoms with Gasteiger partial charge in [0.25, 0.3) is 0 Å². The van der Waals surface area contributed by atoms with E-state index in [-0.39, 0.29) is 5.84 Å². The molecule has 0 fully saturated rings. The largest absolute Gasteiger partial charge is 0.384 e. The lowest BCUT2D eigenvalue weighted by Gasteiger charge is -2.18. The highest BCUT2D eigenvalue weighted by molar-refractivity contribution is 5.95. The standard InChI is InChI=1S/C14H16N4/c1-18(13-7-2-3-8-17-13)10-11-5-4-6-12(9-11)14(15)16/h2-9H,10H2,1H3,(H3,15,16). The van der Waals surface area contributed by atoms with Crippen molar-refractivity contribution >= 4 is 11.7 Å². The monoisotopic (exact) mass is 240 g/mol. The highest BCUT2D eigenvalue weighted by Gasteiger charge is 2.04. The van der Waals surface area contributed by atoms with Crippen molar-refractivity contribution in [3.05, 3.63) is 59.8 Å². The lowest BCUT2D eigenvalue weighted by atomic mass is 10.1. The van der Waals surface area contributed by atoms with Gasteiger partial charge in [0.2, 0.25) is 0 Å². The third-order valence-corrected chi connectivity index (χ3v) is 2.70. The molecule has 0 unspecified atom stereocenters. The van der Waals surface area contributed by atoms with Gasteiger partial charge in [-0.05, 0) is 23.8 Å². The van der Waals surface area contributed by atoms with E-state index in [9.17, 15) is 0 Å². The van der Waals surface area contributed by atoms with E-state index in [1.807, 2.05) is 49.5 Å². The van der Waals surface area contributed by atoms with Gasteiger partial charge in [-0.25, -0.2) is 4.98 Å². The second kappa shape index (κ2) is 5.31. The number of benzene rings is 1. The van der Waals surface area contributed by atoms with Crippen LogP contribution < -0.4 is 10.6 Å². The average Bonchev–Trinajstić information content (AvgIpc) is 2.40. The summed E-state index contributed by atoms with van der Waals surface area (Å²) in [4.78, 5) is 6.35. The van der Waals surface area contributed by atoms with E-state index in [0.29, 0.717) is 0 Å². The summed E-state index contributed by atoms with van der Waals surface area (Å²) in [6.07, 6.45) is 1.78. The van der Waals surface area contributed by atoms with Gasteiger partial charge in [0.15, 0.2) is 0 Å². The first-order valence-corrected chi connectivity index (χ1v) is 5.72. The number of anilines is 1. The van der Waals surface area contributed by atoms with Gasteiger partial charge in [-0.1, -0.05) is 24.3 Å². The second-order valence-electron chi connectivity index (χ2n) is 4.16. The van der Waals surface area contributed by atoms with Crippen LogP contribution in [0.1, 0.15) is 11.1 Å². The number of nitrogens with two attached hydrogens (primary N) is 1. The molecule has 2 rings (SSSR count). The molecule has 1 aromatic heterocycles. The van der Waals surface area contributed by atoms with Crippen molar-refractivity contribution in [3.63, 3.8) is 0 Å². The molecule has 0 aliphatic heterocycles. The summed E-state index contributed by atoms with van der Waals surface area (Å²) in [5.41, 5.74) is 7.34. The zero-order valence-corrected chi connectivity index (χ0v) is 10.3. The van der Waals surface area contributed by atoms with Crippen LogP contribution in [0.25, 0.3) is 0 Å². The van der Waals surface area contributed by atoms with E-state index >= 15 is 0 Å². The van der Waals surface area contributed by atoms with E-state index in [4.69, 9.17) is 11.1 Å². The van der Waals surface area contributed by atoms with Crippen molar-refractivity contribution in [2.24, 2.45) is 5.73 Å². The van der Waals surface area contributed by atoms with E-state index in [1.165, 1.54) is 0 Å². The van der Waals surface area contributed by atoms with Crippen LogP contribution >= 0.6 is 0 Å². The molecule has 2 aromatic rings. The predicted octanol–water partition coefficient (Wildman–Crippen LogP) is 2.00. The summed E-state index contributed by atoms with van der Waals surface area (Å²) in [6.45, 7) is 0.734. The van der Waals surface area contributed by atoms with Crippen LogP contribution in [0.15, 0.2) is 48.7 Å². The van der Waals surface area contributed by atoms with Crippen molar-refractivity contribution in [2.45, 2.75) is 6.54 Å². The Morgan fingerprint density at radius 2 is 2.11 bits per heavy atom. The van der Waals surface area contributed by atoms with E-state index in [2.05, 4.69) is 9.88 Å². The minimum Gasteiger partial charge on any atom is -0.384 e. The quantitative estimate of drug-likeness (QED) is 0.634. The van der Waals surface area contributed by atoms with E-state index in [0.717, 1.165) is 23.5 Å². The molecule has 0 aliphatic carbocycles. The Labute approximate surface area is 107 Å². The van der Waals surface area contributed by atoms with Crippen LogP contribution in [-0.4, -0.2) is 17.9 Å². The fraction of sp³-hybridized carbons (Fsp3) is 0.143. The number of amidine groups is 1. The number of hydrogen-bond donors (Lipinski definition) is 2. The first-order chi connectivity index (χ1) is 8.66. The third-order valence-electron chi connectivity index (χ3n) is 2.70. The first kappa shape index (κ1) is 12.1. The van der Waals surface area contributed by atoms with Crippen LogP contribution in [0.3, 0.4) is 0 Å². The molecule has 0 bridgehead atoms. The molecule has 0 aliphatic rings. The number of nitrogens with zero attached hydrogens (tertiary/aromatic N) is 2. The molecule has 3 N–H and O–H groups in total. The molecular weight excluding hydrogens is 224 g/mol. The maximum absolute atomic E-state index is 7.43. The SMILES string of the molecule is CN(Cc1cccc(C(=N)N)c1)c1ccccn1. The van der Waals surface area contributed by atoms with Gasteiger partial charge >= 0.3 is 0 Å². The second-order valence-corrected chi connectivity index (χ2v) is 4.16. The van der Waals surface area contributed by atoms with Crippen LogP contribution in [0.2, 0.25) is 0 Å². The number of nitrogen functional groups attached to an aromatic ring is 1. The lowest BCUT2D eigenvalue weighted by Crippen LogP contribution is -2.18. The summed E-state index contributed by atoms with van der Waals surface area (Å²) in [5.74, 6) is 1.02. The Morgan fingerprint density at radius 3 is 2.78 bits per heavy atom. The highest BCUT2D eigenvalue weighted by atomic mass is 15.2. The molecular formula is C14H16N4. The van der Waals surface area contributed by atoms with Gasteiger partial charge in [0, 0.05) is 25.4 Å². The van der Waals surface area contributed by atoms with Gasteiger partial charge in [0.05, 0.1) is 0 Å². The van der Waals surface area contributed by atoms with E-state index in [1.54, 1.807) is 6.20 Å². The van der Waals surface area contributed by atoms with Crippen LogP contribution in [0, 0.1) is 5.41 Å². The summed E-state index contributed by atoms with van der Waals surface area (Å²) < 4.78 is 0. The van der Waals surface area contributed by atoms with Crippen molar-refractivity contribution in [1.82, 2.24) is 4.98 Å². The Morgan fingerprint density at radius 1 is 1.28 bits per heavy atom. The molecule has 0 saturated carbocycles. The molecule has 4 heteroatoms. The molecule has 18 heavy (non-hydrogen) atoms. The summed E-state index contributed by atoms with van der Waals surface area (Å²) in [6, 6.07) is 13.5. The van der Waals surface area contributed by atoms with Gasteiger partial charge < -0.3 is 10.6 Å². The molecule has 0 spiro atoms. The molecule has 4 nitrogen and oxygen atoms in total. The number of aromatic nitrogens is 1. The Bertz CT molecular complexity index is 537. The average molecular weight is 240 g/mol. The molecule has 0 amide bonds. The zero-order valence-electron chi connectivity index (χ0n) is 10.3. The summed E-state index contributed by atoms with van der Waals surface area (Å²) in [7, 11) is 1.99. The smallest absolute Gasteiger partial charge is 0.128 e. The van der Waals surface area contributed by atoms with Crippen molar-refractivity contribution in [3.8, 4) is 0 Å². The number of pyridine rings is 1. The third kappa shape index (κ3) is 2.85. The number of nitrogens with one attached hydrogen (secondary N) is 1. The summed E-state index contributed by atoms with van der Waals surface area (Å²) >= 11 is 0. The summed E-state index contributed by atoms with van der Waals surface area (Å²) in [5, 5.41) is 7.43. The molecule has 0 saturated heterocycles. The molecule has 0 radical (unpaired) electrons. The Hall–Kier alpha value is -2.36. The predicted molar refractivity (Wildman–Crippen MR) is 73.8 cm³/mol. The number of rotatable bonds is 4. The van der Waals surface area contributed by atoms with Gasteiger partial charge in [0.1, 0.15) is 11.7 Å². The molecule has 0 atom stereocenters. The molecule has 1 aromatic carbocycles. The van der Waals surface area contributed by atoms with Gasteiger partial charge in [-0.3, -0.25) is 5.41 Å². The fourth-order valence-electron chi connectivity index (χ4n) is 1.77. The van der Waals surface area contributed by atoms with E-state index < -0.39 is 0 Å². The van der Waals surface area contributed by atoms with Gasteiger partial charge in [-0.15, -0.1) is 0 Å². The number of hydrogen-bond acceptors (Lipinski definition) is 3. The molecule has 92 valence electrons. The minimum atomic E-state index is 0.0948.